The van der Waals surface area contributed by atoms with Gasteiger partial charge in [0.15, 0.2) is 5.78 Å². The summed E-state index contributed by atoms with van der Waals surface area (Å²) in [5, 5.41) is 2.33. The highest BCUT2D eigenvalue weighted by molar-refractivity contribution is 6.98. The van der Waals surface area contributed by atoms with Crippen molar-refractivity contribution < 1.29 is 19.1 Å². The molecule has 6 nitrogen and oxygen atoms in total. The van der Waals surface area contributed by atoms with Crippen molar-refractivity contribution >= 4 is 36.4 Å². The molecule has 2 amide bonds. The number of fused-ring (bicyclic) bond motifs is 2. The molecule has 1 aliphatic carbocycles. The first-order valence-corrected chi connectivity index (χ1v) is 19.2. The van der Waals surface area contributed by atoms with Crippen molar-refractivity contribution in [3.8, 4) is 11.5 Å². The summed E-state index contributed by atoms with van der Waals surface area (Å²) in [7, 11) is -2.29. The van der Waals surface area contributed by atoms with Crippen LogP contribution in [0.5, 0.6) is 11.5 Å². The Morgan fingerprint density at radius 2 is 1.43 bits per heavy atom. The van der Waals surface area contributed by atoms with Gasteiger partial charge in [-0.2, -0.15) is 0 Å². The Morgan fingerprint density at radius 3 is 2.09 bits per heavy atom. The number of ether oxygens (including phenoxy) is 1. The molecule has 2 heterocycles. The second-order valence-corrected chi connectivity index (χ2v) is 17.6. The number of allylic oxidation sites excluding steroid dienone is 5. The monoisotopic (exact) mass is 630 g/mol. The van der Waals surface area contributed by atoms with Crippen LogP contribution >= 0.6 is 0 Å². The van der Waals surface area contributed by atoms with Gasteiger partial charge in [0.05, 0.1) is 0 Å². The van der Waals surface area contributed by atoms with Gasteiger partial charge < -0.3 is 14.5 Å². The van der Waals surface area contributed by atoms with Gasteiger partial charge in [-0.3, -0.25) is 14.4 Å². The van der Waals surface area contributed by atoms with Gasteiger partial charge in [-0.1, -0.05) is 38.2 Å². The number of piperazine rings is 1. The Morgan fingerprint density at radius 1 is 0.783 bits per heavy atom. The van der Waals surface area contributed by atoms with E-state index >= 15 is 0 Å². The summed E-state index contributed by atoms with van der Waals surface area (Å²) in [4.78, 5) is 42.0. The summed E-state index contributed by atoms with van der Waals surface area (Å²) in [6, 6.07) is 16.5. The number of hydrogen-bond donors (Lipinski definition) is 0. The van der Waals surface area contributed by atoms with Crippen molar-refractivity contribution in [2.45, 2.75) is 54.1 Å². The zero-order valence-electron chi connectivity index (χ0n) is 27.9. The molecule has 7 heteroatoms. The maximum Gasteiger partial charge on any atom is 0.253 e. The second kappa shape index (κ2) is 12.0. The zero-order valence-corrected chi connectivity index (χ0v) is 28.9. The van der Waals surface area contributed by atoms with Crippen molar-refractivity contribution in [2.75, 3.05) is 26.2 Å². The van der Waals surface area contributed by atoms with Gasteiger partial charge in [-0.05, 0) is 131 Å². The smallest absolute Gasteiger partial charge is 0.253 e. The standard InChI is InChI=1S/C39H42N2O4Si/c1-8-37(43)40-15-17-41(18-16-40)39(44)28-9-12-32(26(4)19-28)38-33-13-10-29(42)22-35(33)46(6,7)36-23-30(11-14-34(36)38)45-31-20-24(2)27(5)25(3)21-31/h9-14,19-23H,8,15-18H2,1-7H3. The van der Waals surface area contributed by atoms with Crippen LogP contribution in [0.4, 0.5) is 0 Å². The highest BCUT2D eigenvalue weighted by atomic mass is 28.3. The van der Waals surface area contributed by atoms with Gasteiger partial charge in [0.1, 0.15) is 19.6 Å². The fourth-order valence-corrected chi connectivity index (χ4v) is 10.1. The predicted octanol–water partition coefficient (Wildman–Crippen LogP) is 6.74. The lowest BCUT2D eigenvalue weighted by Crippen LogP contribution is -2.50. The van der Waals surface area contributed by atoms with Crippen LogP contribution in [0.25, 0.3) is 5.57 Å². The minimum Gasteiger partial charge on any atom is -0.457 e. The predicted molar refractivity (Wildman–Crippen MR) is 186 cm³/mol. The molecular formula is C39H42N2O4Si. The Labute approximate surface area is 273 Å². The van der Waals surface area contributed by atoms with Crippen molar-refractivity contribution in [1.29, 1.82) is 0 Å². The number of benzene rings is 3. The van der Waals surface area contributed by atoms with Crippen LogP contribution in [0.3, 0.4) is 0 Å². The average molecular weight is 631 g/mol. The number of amides is 2. The van der Waals surface area contributed by atoms with Crippen molar-refractivity contribution in [3.63, 3.8) is 0 Å². The molecule has 1 saturated heterocycles. The molecule has 3 aromatic rings. The number of ketones is 1. The summed E-state index contributed by atoms with van der Waals surface area (Å²) in [6.45, 7) is 17.1. The van der Waals surface area contributed by atoms with Crippen molar-refractivity contribution in [3.05, 3.63) is 116 Å². The van der Waals surface area contributed by atoms with Gasteiger partial charge >= 0.3 is 0 Å². The van der Waals surface area contributed by atoms with E-state index in [1.54, 1.807) is 6.08 Å². The number of carbonyl (C=O) groups is 3. The third kappa shape index (κ3) is 5.57. The van der Waals surface area contributed by atoms with E-state index in [1.807, 2.05) is 47.1 Å². The Bertz CT molecular complexity index is 1870. The Balaban J connectivity index is 1.38. The first-order valence-electron chi connectivity index (χ1n) is 16.2. The third-order valence-electron chi connectivity index (χ3n) is 9.97. The summed E-state index contributed by atoms with van der Waals surface area (Å²) in [5.74, 6) is 1.73. The lowest BCUT2D eigenvalue weighted by atomic mass is 9.87. The van der Waals surface area contributed by atoms with Crippen LogP contribution in [-0.2, 0) is 9.59 Å². The SMILES string of the molecule is CCC(=O)N1CCN(C(=O)c2ccc(C3=C4C=CC(=O)C=C4[Si](C)(C)c4cc(Oc5cc(C)c(C)c(C)c5)ccc43)c(C)c2)CC1. The minimum absolute atomic E-state index is 0.0125. The maximum absolute atomic E-state index is 13.5. The summed E-state index contributed by atoms with van der Waals surface area (Å²) < 4.78 is 6.44. The number of aryl methyl sites for hydroxylation is 3. The van der Waals surface area contributed by atoms with Crippen molar-refractivity contribution in [1.82, 2.24) is 9.80 Å². The molecule has 46 heavy (non-hydrogen) atoms. The Hall–Kier alpha value is -4.49. The number of hydrogen-bond acceptors (Lipinski definition) is 4. The Kier molecular flexibility index (Phi) is 8.23. The molecule has 0 spiro atoms. The molecule has 236 valence electrons. The molecule has 6 rings (SSSR count). The largest absolute Gasteiger partial charge is 0.457 e. The van der Waals surface area contributed by atoms with E-state index in [9.17, 15) is 14.4 Å². The number of rotatable bonds is 5. The van der Waals surface area contributed by atoms with E-state index in [1.165, 1.54) is 21.9 Å². The molecule has 0 radical (unpaired) electrons. The molecule has 0 bridgehead atoms. The quantitative estimate of drug-likeness (QED) is 0.293. The molecule has 0 aromatic heterocycles. The van der Waals surface area contributed by atoms with Crippen LogP contribution in [0, 0.1) is 27.7 Å². The fourth-order valence-electron chi connectivity index (χ4n) is 6.99. The first kappa shape index (κ1) is 31.5. The molecule has 3 aromatic carbocycles. The molecule has 1 fully saturated rings. The van der Waals surface area contributed by atoms with Gasteiger partial charge in [-0.25, -0.2) is 0 Å². The van der Waals surface area contributed by atoms with E-state index in [-0.39, 0.29) is 17.6 Å². The van der Waals surface area contributed by atoms with Crippen LogP contribution in [-0.4, -0.2) is 61.7 Å². The number of carbonyl (C=O) groups excluding carboxylic acids is 3. The van der Waals surface area contributed by atoms with E-state index < -0.39 is 8.07 Å². The van der Waals surface area contributed by atoms with Crippen LogP contribution < -0.4 is 9.92 Å². The van der Waals surface area contributed by atoms with E-state index in [0.717, 1.165) is 44.5 Å². The molecule has 0 unspecified atom stereocenters. The highest BCUT2D eigenvalue weighted by Gasteiger charge is 2.40. The number of nitrogens with zero attached hydrogens (tertiary/aromatic N) is 2. The summed E-state index contributed by atoms with van der Waals surface area (Å²) in [5.41, 5.74) is 9.65. The van der Waals surface area contributed by atoms with Gasteiger partial charge in [0.25, 0.3) is 5.91 Å². The highest BCUT2D eigenvalue weighted by Crippen LogP contribution is 2.43. The van der Waals surface area contributed by atoms with Crippen molar-refractivity contribution in [2.24, 2.45) is 0 Å². The molecule has 0 N–H and O–H groups in total. The molecule has 0 saturated carbocycles. The van der Waals surface area contributed by atoms with Gasteiger partial charge in [0.2, 0.25) is 5.91 Å². The molecular weight excluding hydrogens is 589 g/mol. The first-order chi connectivity index (χ1) is 21.9. The maximum atomic E-state index is 13.5. The zero-order chi connectivity index (χ0) is 32.9. The van der Waals surface area contributed by atoms with E-state index in [4.69, 9.17) is 4.74 Å². The lowest BCUT2D eigenvalue weighted by molar-refractivity contribution is -0.132. The summed E-state index contributed by atoms with van der Waals surface area (Å²) in [6.07, 6.45) is 5.93. The van der Waals surface area contributed by atoms with E-state index in [2.05, 4.69) is 71.1 Å². The van der Waals surface area contributed by atoms with E-state index in [0.29, 0.717) is 38.2 Å². The minimum atomic E-state index is -2.29. The fraction of sp³-hybridized carbons (Fsp3) is 0.308. The third-order valence-corrected chi connectivity index (χ3v) is 13.5. The normalized spacial score (nSPS) is 17.0. The average Bonchev–Trinajstić information content (AvgIpc) is 3.04. The van der Waals surface area contributed by atoms with Crippen LogP contribution in [0.1, 0.15) is 57.1 Å². The summed E-state index contributed by atoms with van der Waals surface area (Å²) >= 11 is 0. The topological polar surface area (TPSA) is 66.9 Å². The van der Waals surface area contributed by atoms with Crippen LogP contribution in [0.2, 0.25) is 13.1 Å². The van der Waals surface area contributed by atoms with Gasteiger partial charge in [-0.15, -0.1) is 0 Å². The second-order valence-electron chi connectivity index (χ2n) is 13.3. The lowest BCUT2D eigenvalue weighted by Gasteiger charge is -2.38. The van der Waals surface area contributed by atoms with Gasteiger partial charge in [0, 0.05) is 38.2 Å². The molecule has 0 atom stereocenters. The van der Waals surface area contributed by atoms with Crippen LogP contribution in [0.15, 0.2) is 77.5 Å². The molecule has 2 aliphatic heterocycles. The molecule has 3 aliphatic rings.